The highest BCUT2D eigenvalue weighted by Gasteiger charge is 2.41. The van der Waals surface area contributed by atoms with Crippen LogP contribution in [-0.2, 0) is 0 Å². The molecule has 1 fully saturated rings. The van der Waals surface area contributed by atoms with E-state index >= 15 is 0 Å². The molecular formula is C22H43N. The first-order chi connectivity index (χ1) is 10.7. The molecule has 0 saturated heterocycles. The van der Waals surface area contributed by atoms with Gasteiger partial charge >= 0.3 is 0 Å². The SMILES string of the molecule is CCCC(C)C(C)C(C)(CC=C(C)C)C1CCC(N(C)C)CC1. The molecule has 1 nitrogen and oxygen atoms in total. The van der Waals surface area contributed by atoms with Crippen molar-refractivity contribution in [2.24, 2.45) is 23.2 Å². The smallest absolute Gasteiger partial charge is 0.00893 e. The number of rotatable bonds is 8. The van der Waals surface area contributed by atoms with Gasteiger partial charge in [-0.2, -0.15) is 0 Å². The van der Waals surface area contributed by atoms with Crippen molar-refractivity contribution in [1.29, 1.82) is 0 Å². The second-order valence-electron chi connectivity index (χ2n) is 9.02. The van der Waals surface area contributed by atoms with E-state index in [0.717, 1.165) is 23.8 Å². The van der Waals surface area contributed by atoms with Crippen LogP contribution in [0.3, 0.4) is 0 Å². The van der Waals surface area contributed by atoms with Gasteiger partial charge in [-0.25, -0.2) is 0 Å². The molecule has 0 aromatic rings. The molecule has 0 spiro atoms. The number of allylic oxidation sites excluding steroid dienone is 2. The van der Waals surface area contributed by atoms with Crippen molar-refractivity contribution in [3.8, 4) is 0 Å². The fourth-order valence-corrected chi connectivity index (χ4v) is 4.76. The maximum atomic E-state index is 2.60. The Morgan fingerprint density at radius 3 is 2.13 bits per heavy atom. The minimum absolute atomic E-state index is 0.461. The zero-order valence-corrected chi connectivity index (χ0v) is 17.3. The minimum Gasteiger partial charge on any atom is -0.306 e. The molecule has 1 rings (SSSR count). The van der Waals surface area contributed by atoms with Crippen LogP contribution in [0.5, 0.6) is 0 Å². The van der Waals surface area contributed by atoms with Gasteiger partial charge in [-0.05, 0) is 83.2 Å². The van der Waals surface area contributed by atoms with Crippen molar-refractivity contribution >= 4 is 0 Å². The van der Waals surface area contributed by atoms with Crippen LogP contribution in [0.2, 0.25) is 0 Å². The molecule has 136 valence electrons. The third-order valence-corrected chi connectivity index (χ3v) is 6.95. The summed E-state index contributed by atoms with van der Waals surface area (Å²) in [5, 5.41) is 0. The molecule has 0 radical (unpaired) electrons. The molecule has 3 atom stereocenters. The van der Waals surface area contributed by atoms with Crippen LogP contribution in [0.1, 0.15) is 86.5 Å². The maximum Gasteiger partial charge on any atom is 0.00893 e. The summed E-state index contributed by atoms with van der Waals surface area (Å²) in [4.78, 5) is 2.44. The van der Waals surface area contributed by atoms with Crippen molar-refractivity contribution in [2.75, 3.05) is 14.1 Å². The van der Waals surface area contributed by atoms with Gasteiger partial charge < -0.3 is 4.90 Å². The lowest BCUT2D eigenvalue weighted by atomic mass is 9.58. The van der Waals surface area contributed by atoms with Crippen molar-refractivity contribution in [1.82, 2.24) is 4.90 Å². The first-order valence-corrected chi connectivity index (χ1v) is 10.0. The van der Waals surface area contributed by atoms with Gasteiger partial charge in [-0.3, -0.25) is 0 Å². The fourth-order valence-electron chi connectivity index (χ4n) is 4.76. The standard InChI is InChI=1S/C22H43N/c1-9-10-18(4)19(5)22(6,16-15-17(2)3)20-11-13-21(14-12-20)23(7)8/h15,18-21H,9-14,16H2,1-8H3. The highest BCUT2D eigenvalue weighted by Crippen LogP contribution is 2.49. The predicted molar refractivity (Wildman–Crippen MR) is 105 cm³/mol. The van der Waals surface area contributed by atoms with Gasteiger partial charge in [0.2, 0.25) is 0 Å². The number of hydrogen-bond acceptors (Lipinski definition) is 1. The highest BCUT2D eigenvalue weighted by atomic mass is 15.1. The topological polar surface area (TPSA) is 3.24 Å². The van der Waals surface area contributed by atoms with E-state index in [1.54, 1.807) is 0 Å². The fraction of sp³-hybridized carbons (Fsp3) is 0.909. The van der Waals surface area contributed by atoms with Gasteiger partial charge in [-0.1, -0.05) is 52.2 Å². The van der Waals surface area contributed by atoms with Gasteiger partial charge in [-0.15, -0.1) is 0 Å². The Kier molecular flexibility index (Phi) is 8.35. The zero-order chi connectivity index (χ0) is 17.6. The van der Waals surface area contributed by atoms with Crippen molar-refractivity contribution in [3.05, 3.63) is 11.6 Å². The van der Waals surface area contributed by atoms with Gasteiger partial charge in [0.15, 0.2) is 0 Å². The average Bonchev–Trinajstić information content (AvgIpc) is 2.52. The van der Waals surface area contributed by atoms with Gasteiger partial charge in [0.05, 0.1) is 0 Å². The molecule has 0 heterocycles. The van der Waals surface area contributed by atoms with Crippen LogP contribution in [0, 0.1) is 23.2 Å². The van der Waals surface area contributed by atoms with Crippen LogP contribution in [0.4, 0.5) is 0 Å². The summed E-state index contributed by atoms with van der Waals surface area (Å²) < 4.78 is 0. The van der Waals surface area contributed by atoms with Crippen LogP contribution in [-0.4, -0.2) is 25.0 Å². The highest BCUT2D eigenvalue weighted by molar-refractivity contribution is 5.01. The van der Waals surface area contributed by atoms with E-state index in [1.807, 2.05) is 0 Å². The summed E-state index contributed by atoms with van der Waals surface area (Å²) in [6.07, 6.45) is 12.1. The summed E-state index contributed by atoms with van der Waals surface area (Å²) in [5.74, 6) is 2.53. The van der Waals surface area contributed by atoms with E-state index in [2.05, 4.69) is 66.6 Å². The van der Waals surface area contributed by atoms with Crippen molar-refractivity contribution < 1.29 is 0 Å². The Morgan fingerprint density at radius 2 is 1.70 bits per heavy atom. The summed E-state index contributed by atoms with van der Waals surface area (Å²) in [7, 11) is 4.50. The van der Waals surface area contributed by atoms with Gasteiger partial charge in [0.25, 0.3) is 0 Å². The van der Waals surface area contributed by atoms with E-state index in [4.69, 9.17) is 0 Å². The van der Waals surface area contributed by atoms with Crippen LogP contribution < -0.4 is 0 Å². The first kappa shape index (κ1) is 20.7. The van der Waals surface area contributed by atoms with Crippen LogP contribution in [0.15, 0.2) is 11.6 Å². The first-order valence-electron chi connectivity index (χ1n) is 10.0. The Labute approximate surface area is 146 Å². The van der Waals surface area contributed by atoms with E-state index in [9.17, 15) is 0 Å². The monoisotopic (exact) mass is 321 g/mol. The largest absolute Gasteiger partial charge is 0.306 e. The molecule has 23 heavy (non-hydrogen) atoms. The quantitative estimate of drug-likeness (QED) is 0.459. The molecule has 0 amide bonds. The summed E-state index contributed by atoms with van der Waals surface area (Å²) in [5.41, 5.74) is 1.94. The number of hydrogen-bond donors (Lipinski definition) is 0. The lowest BCUT2D eigenvalue weighted by molar-refractivity contribution is 0.0273. The Bertz CT molecular complexity index is 358. The third kappa shape index (κ3) is 5.62. The molecule has 1 aliphatic rings. The van der Waals surface area contributed by atoms with E-state index in [1.165, 1.54) is 50.5 Å². The molecule has 0 bridgehead atoms. The Morgan fingerprint density at radius 1 is 1.13 bits per heavy atom. The van der Waals surface area contributed by atoms with E-state index in [-0.39, 0.29) is 0 Å². The summed E-state index contributed by atoms with van der Waals surface area (Å²) in [6, 6.07) is 0.808. The van der Waals surface area contributed by atoms with Crippen LogP contribution in [0.25, 0.3) is 0 Å². The normalized spacial score (nSPS) is 27.3. The predicted octanol–water partition coefficient (Wildman–Crippen LogP) is 6.54. The van der Waals surface area contributed by atoms with Crippen molar-refractivity contribution in [2.45, 2.75) is 92.5 Å². The molecule has 1 heteroatoms. The molecule has 0 aliphatic heterocycles. The maximum absolute atomic E-state index is 2.60. The molecule has 0 N–H and O–H groups in total. The lowest BCUT2D eigenvalue weighted by Gasteiger charge is -2.48. The Hall–Kier alpha value is -0.300. The molecule has 1 saturated carbocycles. The lowest BCUT2D eigenvalue weighted by Crippen LogP contribution is -2.41. The number of nitrogens with zero attached hydrogens (tertiary/aromatic N) is 1. The van der Waals surface area contributed by atoms with Gasteiger partial charge in [0.1, 0.15) is 0 Å². The van der Waals surface area contributed by atoms with Crippen molar-refractivity contribution in [3.63, 3.8) is 0 Å². The Balaban J connectivity index is 2.89. The van der Waals surface area contributed by atoms with E-state index in [0.29, 0.717) is 5.41 Å². The zero-order valence-electron chi connectivity index (χ0n) is 17.3. The second kappa shape index (κ2) is 9.25. The minimum atomic E-state index is 0.461. The summed E-state index contributed by atoms with van der Waals surface area (Å²) >= 11 is 0. The second-order valence-corrected chi connectivity index (χ2v) is 9.02. The molecule has 1 aliphatic carbocycles. The van der Waals surface area contributed by atoms with Gasteiger partial charge in [0, 0.05) is 6.04 Å². The van der Waals surface area contributed by atoms with Crippen LogP contribution >= 0.6 is 0 Å². The van der Waals surface area contributed by atoms with E-state index < -0.39 is 0 Å². The molecule has 0 aromatic carbocycles. The third-order valence-electron chi connectivity index (χ3n) is 6.95. The molecular weight excluding hydrogens is 278 g/mol. The average molecular weight is 322 g/mol. The molecule has 0 aromatic heterocycles. The molecule has 3 unspecified atom stereocenters. The summed E-state index contributed by atoms with van der Waals surface area (Å²) in [6.45, 7) is 14.5.